The van der Waals surface area contributed by atoms with Crippen LogP contribution in [0.3, 0.4) is 0 Å². The maximum Gasteiger partial charge on any atom is 0.225 e. The van der Waals surface area contributed by atoms with Crippen LogP contribution in [0.5, 0.6) is 0 Å². The van der Waals surface area contributed by atoms with Gasteiger partial charge >= 0.3 is 0 Å². The summed E-state index contributed by atoms with van der Waals surface area (Å²) in [6, 6.07) is 0.874. The smallest absolute Gasteiger partial charge is 0.225 e. The lowest BCUT2D eigenvalue weighted by Crippen LogP contribution is -2.47. The van der Waals surface area contributed by atoms with Crippen LogP contribution in [0.15, 0.2) is 12.4 Å². The number of piperazine rings is 1. The zero-order chi connectivity index (χ0) is 14.9. The van der Waals surface area contributed by atoms with E-state index in [9.17, 15) is 0 Å². The van der Waals surface area contributed by atoms with Crippen molar-refractivity contribution >= 4 is 5.95 Å². The maximum absolute atomic E-state index is 4.54. The van der Waals surface area contributed by atoms with Crippen LogP contribution in [-0.4, -0.2) is 52.6 Å². The van der Waals surface area contributed by atoms with Crippen molar-refractivity contribution in [2.45, 2.75) is 51.7 Å². The molecule has 1 aromatic heterocycles. The van der Waals surface area contributed by atoms with Gasteiger partial charge in [0.25, 0.3) is 0 Å². The molecule has 1 saturated heterocycles. The van der Waals surface area contributed by atoms with Crippen LogP contribution in [0.1, 0.15) is 39.2 Å². The minimum Gasteiger partial charge on any atom is -0.338 e. The first-order chi connectivity index (χ1) is 10.0. The van der Waals surface area contributed by atoms with Crippen LogP contribution >= 0.6 is 0 Å². The molecule has 1 aromatic rings. The average molecular weight is 289 g/mol. The van der Waals surface area contributed by atoms with Gasteiger partial charge in [0.1, 0.15) is 0 Å². The molecule has 0 bridgehead atoms. The number of aromatic nitrogens is 2. The molecule has 0 aromatic carbocycles. The molecule has 0 atom stereocenters. The predicted octanol–water partition coefficient (Wildman–Crippen LogP) is 1.65. The van der Waals surface area contributed by atoms with Gasteiger partial charge in [-0.15, -0.1) is 0 Å². The van der Waals surface area contributed by atoms with Gasteiger partial charge in [0.05, 0.1) is 0 Å². The quantitative estimate of drug-likeness (QED) is 0.913. The van der Waals surface area contributed by atoms with Gasteiger partial charge in [-0.2, -0.15) is 0 Å². The number of rotatable bonds is 4. The molecular weight excluding hydrogens is 262 g/mol. The van der Waals surface area contributed by atoms with E-state index in [2.05, 4.69) is 45.9 Å². The highest BCUT2D eigenvalue weighted by molar-refractivity contribution is 5.30. The van der Waals surface area contributed by atoms with Crippen LogP contribution in [0.25, 0.3) is 0 Å². The van der Waals surface area contributed by atoms with Crippen LogP contribution in [0, 0.1) is 0 Å². The first-order valence-electron chi connectivity index (χ1n) is 8.06. The van der Waals surface area contributed by atoms with E-state index in [-0.39, 0.29) is 5.54 Å². The molecular formula is C16H27N5. The van der Waals surface area contributed by atoms with E-state index in [4.69, 9.17) is 0 Å². The lowest BCUT2D eigenvalue weighted by molar-refractivity contribution is 0.247. The molecule has 2 heterocycles. The van der Waals surface area contributed by atoms with Crippen molar-refractivity contribution in [3.63, 3.8) is 0 Å². The lowest BCUT2D eigenvalue weighted by Gasteiger charge is -2.34. The number of anilines is 1. The summed E-state index contributed by atoms with van der Waals surface area (Å²) in [6.07, 6.45) is 6.70. The Hall–Kier alpha value is -1.20. The highest BCUT2D eigenvalue weighted by Crippen LogP contribution is 2.27. The van der Waals surface area contributed by atoms with Gasteiger partial charge in [-0.05, 0) is 33.6 Å². The third-order valence-electron chi connectivity index (χ3n) is 4.17. The standard InChI is InChI=1S/C16H27N5/c1-16(2,3)19-12-13-10-17-15(18-11-13)21-8-6-20(7-9-21)14-4-5-14/h10-11,14,19H,4-9,12H2,1-3H3. The average Bonchev–Trinajstić information content (AvgIpc) is 3.30. The lowest BCUT2D eigenvalue weighted by atomic mass is 10.1. The molecule has 21 heavy (non-hydrogen) atoms. The Morgan fingerprint density at radius 2 is 1.71 bits per heavy atom. The van der Waals surface area contributed by atoms with Crippen molar-refractivity contribution in [1.82, 2.24) is 20.2 Å². The predicted molar refractivity (Wildman–Crippen MR) is 85.4 cm³/mol. The summed E-state index contributed by atoms with van der Waals surface area (Å²) in [7, 11) is 0. The summed E-state index contributed by atoms with van der Waals surface area (Å²) in [4.78, 5) is 14.0. The Balaban J connectivity index is 1.52. The van der Waals surface area contributed by atoms with E-state index < -0.39 is 0 Å². The summed E-state index contributed by atoms with van der Waals surface area (Å²) in [6.45, 7) is 11.7. The molecule has 0 spiro atoms. The summed E-state index contributed by atoms with van der Waals surface area (Å²) in [5.74, 6) is 0.880. The summed E-state index contributed by atoms with van der Waals surface area (Å²) < 4.78 is 0. The van der Waals surface area contributed by atoms with E-state index in [1.54, 1.807) is 0 Å². The molecule has 5 nitrogen and oxygen atoms in total. The Morgan fingerprint density at radius 3 is 2.24 bits per heavy atom. The van der Waals surface area contributed by atoms with E-state index in [0.29, 0.717) is 0 Å². The number of nitrogens with one attached hydrogen (secondary N) is 1. The molecule has 3 rings (SSSR count). The Bertz CT molecular complexity index is 453. The first kappa shape index (κ1) is 14.7. The molecule has 0 amide bonds. The van der Waals surface area contributed by atoms with E-state index in [1.165, 1.54) is 12.8 Å². The van der Waals surface area contributed by atoms with Crippen LogP contribution < -0.4 is 10.2 Å². The molecule has 2 fully saturated rings. The molecule has 0 radical (unpaired) electrons. The molecule has 0 unspecified atom stereocenters. The summed E-state index contributed by atoms with van der Waals surface area (Å²) in [5, 5.41) is 3.46. The second kappa shape index (κ2) is 5.89. The van der Waals surface area contributed by atoms with E-state index >= 15 is 0 Å². The van der Waals surface area contributed by atoms with Gasteiger partial charge in [-0.3, -0.25) is 4.90 Å². The molecule has 5 heteroatoms. The SMILES string of the molecule is CC(C)(C)NCc1cnc(N2CCN(C3CC3)CC2)nc1. The van der Waals surface area contributed by atoms with Crippen molar-refractivity contribution in [1.29, 1.82) is 0 Å². The maximum atomic E-state index is 4.54. The fourth-order valence-corrected chi connectivity index (χ4v) is 2.70. The summed E-state index contributed by atoms with van der Waals surface area (Å²) in [5.41, 5.74) is 1.27. The molecule has 1 aliphatic heterocycles. The van der Waals surface area contributed by atoms with Crippen molar-refractivity contribution in [2.24, 2.45) is 0 Å². The van der Waals surface area contributed by atoms with E-state index in [1.807, 2.05) is 12.4 Å². The fourth-order valence-electron chi connectivity index (χ4n) is 2.70. The Morgan fingerprint density at radius 1 is 1.10 bits per heavy atom. The Labute approximate surface area is 127 Å². The van der Waals surface area contributed by atoms with Crippen molar-refractivity contribution in [3.8, 4) is 0 Å². The van der Waals surface area contributed by atoms with Gasteiger partial charge in [0.2, 0.25) is 5.95 Å². The van der Waals surface area contributed by atoms with Gasteiger partial charge in [0.15, 0.2) is 0 Å². The van der Waals surface area contributed by atoms with Crippen molar-refractivity contribution < 1.29 is 0 Å². The van der Waals surface area contributed by atoms with Crippen molar-refractivity contribution in [3.05, 3.63) is 18.0 Å². The highest BCUT2D eigenvalue weighted by atomic mass is 15.3. The van der Waals surface area contributed by atoms with Gasteiger partial charge < -0.3 is 10.2 Å². The largest absolute Gasteiger partial charge is 0.338 e. The van der Waals surface area contributed by atoms with Crippen LogP contribution in [-0.2, 0) is 6.54 Å². The number of hydrogen-bond acceptors (Lipinski definition) is 5. The number of nitrogens with zero attached hydrogens (tertiary/aromatic N) is 4. The third kappa shape index (κ3) is 4.14. The van der Waals surface area contributed by atoms with Crippen molar-refractivity contribution in [2.75, 3.05) is 31.1 Å². The minimum absolute atomic E-state index is 0.123. The van der Waals surface area contributed by atoms with Gasteiger partial charge in [0, 0.05) is 62.3 Å². The van der Waals surface area contributed by atoms with E-state index in [0.717, 1.165) is 50.3 Å². The Kier molecular flexibility index (Phi) is 4.13. The number of hydrogen-bond donors (Lipinski definition) is 1. The van der Waals surface area contributed by atoms with Crippen LogP contribution in [0.4, 0.5) is 5.95 Å². The zero-order valence-electron chi connectivity index (χ0n) is 13.5. The normalized spacial score (nSPS) is 20.8. The minimum atomic E-state index is 0.123. The second-order valence-corrected chi connectivity index (χ2v) is 7.25. The monoisotopic (exact) mass is 289 g/mol. The van der Waals surface area contributed by atoms with Crippen LogP contribution in [0.2, 0.25) is 0 Å². The third-order valence-corrected chi connectivity index (χ3v) is 4.17. The first-order valence-corrected chi connectivity index (χ1v) is 8.06. The molecule has 1 saturated carbocycles. The van der Waals surface area contributed by atoms with Gasteiger partial charge in [-0.25, -0.2) is 9.97 Å². The highest BCUT2D eigenvalue weighted by Gasteiger charge is 2.31. The fraction of sp³-hybridized carbons (Fsp3) is 0.750. The molecule has 1 aliphatic carbocycles. The van der Waals surface area contributed by atoms with Gasteiger partial charge in [-0.1, -0.05) is 0 Å². The molecule has 1 N–H and O–H groups in total. The molecule has 116 valence electrons. The molecule has 2 aliphatic rings. The summed E-state index contributed by atoms with van der Waals surface area (Å²) >= 11 is 0. The topological polar surface area (TPSA) is 44.3 Å². The second-order valence-electron chi connectivity index (χ2n) is 7.25. The zero-order valence-corrected chi connectivity index (χ0v) is 13.5.